The van der Waals surface area contributed by atoms with E-state index in [0.717, 1.165) is 22.6 Å². The minimum absolute atomic E-state index is 0.0376. The largest absolute Gasteiger partial charge is 0.311 e. The first-order chi connectivity index (χ1) is 44.8. The standard InChI is InChI=1S/C94H93N/c1-87(2,3)62-35-43-71-72-44-36-63(88(4,5)6)53-82(72)93(81(71)52-62)79-47-59(30-29-58-31-39-70(40-32-58)95(68-25-21-19-22-26-68)69-27-23-20-24-28-69)33-41-75(79)77-56-86-78(57-85(77)93)76-42-34-60(61-48-66(91(13,14)15)51-67(49-61)92(16,17)18)50-80(76)94(86)83-54-64(89(7,8)9)37-45-73(83)74-46-38-65(55-84(74)94)90(10,11)12/h19-57H,1-18H3. The Labute approximate surface area is 567 Å². The number of benzene rings is 11. The van der Waals surface area contributed by atoms with E-state index in [9.17, 15) is 0 Å². The van der Waals surface area contributed by atoms with Crippen LogP contribution in [-0.4, -0.2) is 0 Å². The molecule has 1 nitrogen and oxygen atoms in total. The fourth-order valence-electron chi connectivity index (χ4n) is 16.3. The SMILES string of the molecule is CC(C)(C)c1cc(-c2ccc3c(c2)C2(c4cc(C(C)(C)C)ccc4-c4ccc(C(C)(C)C)cc42)c2cc4c(cc2-3)C2(c3cc(C=Cc5ccc(N(c6ccccc6)c6ccccc6)cc5)ccc3-4)c3cc(C(C)(C)C)ccc3-c3ccc(C(C)(C)C)cc32)cc(C(C)(C)C)c1. The van der Waals surface area contributed by atoms with Gasteiger partial charge in [-0.25, -0.2) is 0 Å². The molecule has 0 N–H and O–H groups in total. The van der Waals surface area contributed by atoms with E-state index in [1.165, 1.54) is 139 Å². The van der Waals surface area contributed by atoms with Gasteiger partial charge in [0.1, 0.15) is 0 Å². The predicted octanol–water partition coefficient (Wildman–Crippen LogP) is 25.5. The number of fused-ring (bicyclic) bond motifs is 20. The zero-order valence-electron chi connectivity index (χ0n) is 59.5. The van der Waals surface area contributed by atoms with Crippen LogP contribution in [0.2, 0.25) is 0 Å². The van der Waals surface area contributed by atoms with E-state index >= 15 is 0 Å². The third kappa shape index (κ3) is 9.82. The Kier molecular flexibility index (Phi) is 13.9. The lowest BCUT2D eigenvalue weighted by Gasteiger charge is -2.34. The molecule has 1 heteroatoms. The second-order valence-electron chi connectivity index (χ2n) is 34.3. The fourth-order valence-corrected chi connectivity index (χ4v) is 16.3. The van der Waals surface area contributed by atoms with Gasteiger partial charge in [-0.15, -0.1) is 0 Å². The molecule has 0 heterocycles. The Balaban J connectivity index is 1.01. The van der Waals surface area contributed by atoms with E-state index in [1.54, 1.807) is 0 Å². The van der Waals surface area contributed by atoms with E-state index < -0.39 is 10.8 Å². The molecular weight excluding hydrogens is 1140 g/mol. The van der Waals surface area contributed by atoms with Crippen LogP contribution in [0.15, 0.2) is 224 Å². The second kappa shape index (κ2) is 21.2. The van der Waals surface area contributed by atoms with Gasteiger partial charge in [0.15, 0.2) is 0 Å². The van der Waals surface area contributed by atoms with Crippen molar-refractivity contribution in [1.82, 2.24) is 0 Å². The summed E-state index contributed by atoms with van der Waals surface area (Å²) in [5, 5.41) is 0. The minimum Gasteiger partial charge on any atom is -0.311 e. The van der Waals surface area contributed by atoms with Crippen molar-refractivity contribution in [3.63, 3.8) is 0 Å². The van der Waals surface area contributed by atoms with Crippen LogP contribution in [0.1, 0.15) is 214 Å². The predicted molar refractivity (Wildman–Crippen MR) is 407 cm³/mol. The molecule has 0 saturated heterocycles. The molecule has 15 rings (SSSR count). The highest BCUT2D eigenvalue weighted by molar-refractivity contribution is 6.02. The molecule has 0 aliphatic heterocycles. The lowest BCUT2D eigenvalue weighted by molar-refractivity contribution is 0.569. The summed E-state index contributed by atoms with van der Waals surface area (Å²) in [5.74, 6) is 0. The molecule has 474 valence electrons. The zero-order valence-corrected chi connectivity index (χ0v) is 59.5. The quantitative estimate of drug-likeness (QED) is 0.150. The Morgan fingerprint density at radius 1 is 0.221 bits per heavy atom. The molecule has 0 atom stereocenters. The lowest BCUT2D eigenvalue weighted by Crippen LogP contribution is -2.29. The lowest BCUT2D eigenvalue weighted by atomic mass is 9.67. The highest BCUT2D eigenvalue weighted by Crippen LogP contribution is 2.69. The molecule has 0 bridgehead atoms. The van der Waals surface area contributed by atoms with Crippen molar-refractivity contribution in [1.29, 1.82) is 0 Å². The molecule has 95 heavy (non-hydrogen) atoms. The fraction of sp³-hybridized carbons (Fsp3) is 0.277. The van der Waals surface area contributed by atoms with Gasteiger partial charge >= 0.3 is 0 Å². The zero-order chi connectivity index (χ0) is 66.9. The second-order valence-corrected chi connectivity index (χ2v) is 34.3. The molecule has 0 radical (unpaired) electrons. The van der Waals surface area contributed by atoms with Gasteiger partial charge in [0, 0.05) is 17.1 Å². The maximum atomic E-state index is 2.73. The van der Waals surface area contributed by atoms with Crippen molar-refractivity contribution in [3.05, 3.63) is 313 Å². The van der Waals surface area contributed by atoms with Crippen LogP contribution < -0.4 is 4.90 Å². The van der Waals surface area contributed by atoms with Crippen molar-refractivity contribution < 1.29 is 0 Å². The highest BCUT2D eigenvalue weighted by atomic mass is 15.1. The first kappa shape index (κ1) is 62.1. The first-order valence-electron chi connectivity index (χ1n) is 34.8. The summed E-state index contributed by atoms with van der Waals surface area (Å²) in [6, 6.07) is 88.4. The molecule has 4 aliphatic rings. The molecule has 0 saturated carbocycles. The van der Waals surface area contributed by atoms with Gasteiger partial charge in [0.25, 0.3) is 0 Å². The molecule has 11 aromatic rings. The molecule has 0 unspecified atom stereocenters. The van der Waals surface area contributed by atoms with Crippen LogP contribution >= 0.6 is 0 Å². The highest BCUT2D eigenvalue weighted by Gasteiger charge is 2.57. The summed E-state index contributed by atoms with van der Waals surface area (Å²) < 4.78 is 0. The van der Waals surface area contributed by atoms with Gasteiger partial charge in [-0.3, -0.25) is 0 Å². The summed E-state index contributed by atoms with van der Waals surface area (Å²) in [7, 11) is 0. The number of anilines is 3. The van der Waals surface area contributed by atoms with E-state index in [-0.39, 0.29) is 32.5 Å². The van der Waals surface area contributed by atoms with Gasteiger partial charge in [0.05, 0.1) is 10.8 Å². The van der Waals surface area contributed by atoms with E-state index in [2.05, 4.69) is 366 Å². The van der Waals surface area contributed by atoms with Gasteiger partial charge in [-0.05, 0) is 238 Å². The van der Waals surface area contributed by atoms with Gasteiger partial charge < -0.3 is 4.90 Å². The van der Waals surface area contributed by atoms with Gasteiger partial charge in [-0.2, -0.15) is 0 Å². The minimum atomic E-state index is -0.645. The van der Waals surface area contributed by atoms with Crippen LogP contribution in [0.3, 0.4) is 0 Å². The Hall–Kier alpha value is -9.04. The van der Waals surface area contributed by atoms with Crippen LogP contribution in [0, 0.1) is 0 Å². The number of para-hydroxylation sites is 2. The van der Waals surface area contributed by atoms with Gasteiger partial charge in [-0.1, -0.05) is 301 Å². The summed E-state index contributed by atoms with van der Waals surface area (Å²) in [6.45, 7) is 42.7. The number of nitrogens with zero attached hydrogens (tertiary/aromatic N) is 1. The monoisotopic (exact) mass is 1240 g/mol. The van der Waals surface area contributed by atoms with Crippen molar-refractivity contribution >= 4 is 29.2 Å². The number of hydrogen-bond acceptors (Lipinski definition) is 1. The van der Waals surface area contributed by atoms with Crippen LogP contribution in [0.25, 0.3) is 67.8 Å². The Morgan fingerprint density at radius 2 is 0.516 bits per heavy atom. The molecular formula is C94H93N. The maximum absolute atomic E-state index is 2.73. The normalized spacial score (nSPS) is 14.8. The molecule has 2 spiro atoms. The number of rotatable bonds is 6. The van der Waals surface area contributed by atoms with E-state index in [4.69, 9.17) is 0 Å². The van der Waals surface area contributed by atoms with Gasteiger partial charge in [0.2, 0.25) is 0 Å². The first-order valence-corrected chi connectivity index (χ1v) is 34.8. The van der Waals surface area contributed by atoms with Crippen LogP contribution in [0.5, 0.6) is 0 Å². The molecule has 4 aliphatic carbocycles. The third-order valence-corrected chi connectivity index (χ3v) is 21.8. The topological polar surface area (TPSA) is 3.24 Å². The molecule has 11 aromatic carbocycles. The summed E-state index contributed by atoms with van der Waals surface area (Å²) in [5.41, 5.74) is 36.2. The van der Waals surface area contributed by atoms with E-state index in [1.807, 2.05) is 0 Å². The van der Waals surface area contributed by atoms with Crippen molar-refractivity contribution in [3.8, 4) is 55.6 Å². The van der Waals surface area contributed by atoms with E-state index in [0.29, 0.717) is 0 Å². The molecule has 0 amide bonds. The number of hydrogen-bond donors (Lipinski definition) is 0. The molecule has 0 fully saturated rings. The smallest absolute Gasteiger partial charge is 0.0726 e. The Morgan fingerprint density at radius 3 is 0.895 bits per heavy atom. The van der Waals surface area contributed by atoms with Crippen LogP contribution in [0.4, 0.5) is 17.1 Å². The summed E-state index contributed by atoms with van der Waals surface area (Å²) >= 11 is 0. The molecule has 0 aromatic heterocycles. The maximum Gasteiger partial charge on any atom is 0.0726 e. The summed E-state index contributed by atoms with van der Waals surface area (Å²) in [6.07, 6.45) is 4.66. The average molecular weight is 1240 g/mol. The van der Waals surface area contributed by atoms with Crippen molar-refractivity contribution in [2.75, 3.05) is 4.90 Å². The van der Waals surface area contributed by atoms with Crippen molar-refractivity contribution in [2.45, 2.75) is 168 Å². The van der Waals surface area contributed by atoms with Crippen LogP contribution in [-0.2, 0) is 43.3 Å². The average Bonchev–Trinajstić information content (AvgIpc) is 1.49. The third-order valence-electron chi connectivity index (χ3n) is 21.8. The Bertz CT molecular complexity index is 4760. The summed E-state index contributed by atoms with van der Waals surface area (Å²) in [4.78, 5) is 2.33. The van der Waals surface area contributed by atoms with Crippen molar-refractivity contribution in [2.24, 2.45) is 0 Å².